The van der Waals surface area contributed by atoms with Crippen LogP contribution in [0.25, 0.3) is 0 Å². The molecule has 2 rings (SSSR count). The first kappa shape index (κ1) is 10.9. The van der Waals surface area contributed by atoms with Crippen LogP contribution in [-0.4, -0.2) is 21.3 Å². The van der Waals surface area contributed by atoms with E-state index in [1.165, 1.54) is 29.2 Å². The normalized spacial score (nSPS) is 9.75. The van der Waals surface area contributed by atoms with Crippen molar-refractivity contribution >= 4 is 34.3 Å². The summed E-state index contributed by atoms with van der Waals surface area (Å²) in [6.45, 7) is 0. The number of isocyanates is 1. The molecule has 5 nitrogen and oxygen atoms in total. The van der Waals surface area contributed by atoms with Crippen LogP contribution in [0.5, 0.6) is 0 Å². The van der Waals surface area contributed by atoms with E-state index in [9.17, 15) is 4.79 Å². The van der Waals surface area contributed by atoms with Gasteiger partial charge in [-0.05, 0) is 11.6 Å². The molecule has 0 aliphatic rings. The van der Waals surface area contributed by atoms with E-state index >= 15 is 0 Å². The molecule has 0 aliphatic carbocycles. The quantitative estimate of drug-likeness (QED) is 0.472. The lowest BCUT2D eigenvalue weighted by molar-refractivity contribution is 0.565. The highest BCUT2D eigenvalue weighted by atomic mass is 32.2. The highest BCUT2D eigenvalue weighted by Crippen LogP contribution is 2.28. The molecule has 80 valence electrons. The summed E-state index contributed by atoms with van der Waals surface area (Å²) in [5.74, 6) is 0.771. The van der Waals surface area contributed by atoms with Crippen molar-refractivity contribution in [2.45, 2.75) is 10.1 Å². The topological polar surface area (TPSA) is 68.1 Å². The molecular formula is C9H6N4OS2. The molecule has 0 saturated carbocycles. The second-order valence-electron chi connectivity index (χ2n) is 2.70. The van der Waals surface area contributed by atoms with Gasteiger partial charge in [-0.15, -0.1) is 15.2 Å². The summed E-state index contributed by atoms with van der Waals surface area (Å²) in [5.41, 5.74) is 1.11. The largest absolute Gasteiger partial charge is 0.264 e. The summed E-state index contributed by atoms with van der Waals surface area (Å²) >= 11 is 2.80. The van der Waals surface area contributed by atoms with E-state index in [2.05, 4.69) is 20.2 Å². The average molecular weight is 250 g/mol. The van der Waals surface area contributed by atoms with Crippen molar-refractivity contribution in [2.24, 2.45) is 4.99 Å². The molecule has 2 aromatic heterocycles. The number of thioether (sulfide) groups is 1. The van der Waals surface area contributed by atoms with E-state index in [0.717, 1.165) is 15.7 Å². The maximum absolute atomic E-state index is 10.00. The molecular weight excluding hydrogens is 244 g/mol. The highest BCUT2D eigenvalue weighted by molar-refractivity contribution is 8.00. The number of hydrogen-bond acceptors (Lipinski definition) is 7. The molecule has 2 heterocycles. The Kier molecular flexibility index (Phi) is 3.76. The summed E-state index contributed by atoms with van der Waals surface area (Å²) in [6.07, 6.45) is 4.97. The van der Waals surface area contributed by atoms with E-state index in [1.54, 1.807) is 12.4 Å². The maximum Gasteiger partial charge on any atom is 0.243 e. The fourth-order valence-electron chi connectivity index (χ4n) is 0.974. The molecule has 7 heteroatoms. The maximum atomic E-state index is 10.00. The smallest absolute Gasteiger partial charge is 0.243 e. The first-order valence-electron chi connectivity index (χ1n) is 4.31. The fraction of sp³-hybridized carbons (Fsp3) is 0.111. The van der Waals surface area contributed by atoms with Crippen LogP contribution in [0, 0.1) is 0 Å². The third-order valence-electron chi connectivity index (χ3n) is 1.62. The molecule has 0 atom stereocenters. The van der Waals surface area contributed by atoms with Gasteiger partial charge in [0.1, 0.15) is 0 Å². The molecule has 0 unspecified atom stereocenters. The van der Waals surface area contributed by atoms with Crippen LogP contribution < -0.4 is 0 Å². The monoisotopic (exact) mass is 250 g/mol. The third-order valence-corrected chi connectivity index (χ3v) is 3.64. The molecule has 0 spiro atoms. The minimum Gasteiger partial charge on any atom is -0.264 e. The van der Waals surface area contributed by atoms with Crippen molar-refractivity contribution < 1.29 is 4.79 Å². The van der Waals surface area contributed by atoms with Gasteiger partial charge in [0.05, 0.1) is 0 Å². The average Bonchev–Trinajstić information content (AvgIpc) is 2.76. The number of aromatic nitrogens is 3. The molecule has 0 radical (unpaired) electrons. The van der Waals surface area contributed by atoms with Crippen molar-refractivity contribution in [2.75, 3.05) is 0 Å². The Labute approximate surface area is 99.7 Å². The Morgan fingerprint density at radius 3 is 3.19 bits per heavy atom. The summed E-state index contributed by atoms with van der Waals surface area (Å²) in [7, 11) is 0. The van der Waals surface area contributed by atoms with Crippen LogP contribution in [0.2, 0.25) is 0 Å². The molecule has 0 N–H and O–H groups in total. The number of nitrogens with zero attached hydrogens (tertiary/aromatic N) is 4. The molecule has 0 aromatic carbocycles. The van der Waals surface area contributed by atoms with Crippen LogP contribution in [0.15, 0.2) is 33.9 Å². The SMILES string of the molecule is O=C=Nc1nnc(SCc2cccnc2)s1. The molecule has 0 aliphatic heterocycles. The number of rotatable bonds is 4. The molecule has 0 saturated heterocycles. The van der Waals surface area contributed by atoms with Gasteiger partial charge in [-0.2, -0.15) is 0 Å². The van der Waals surface area contributed by atoms with Gasteiger partial charge in [0, 0.05) is 18.1 Å². The predicted molar refractivity (Wildman–Crippen MR) is 61.5 cm³/mol. The minimum atomic E-state index is 0.337. The van der Waals surface area contributed by atoms with E-state index < -0.39 is 0 Å². The first-order chi connectivity index (χ1) is 7.88. The third kappa shape index (κ3) is 2.96. The lowest BCUT2D eigenvalue weighted by Crippen LogP contribution is -1.80. The second kappa shape index (κ2) is 5.50. The van der Waals surface area contributed by atoms with Gasteiger partial charge >= 0.3 is 0 Å². The van der Waals surface area contributed by atoms with Crippen LogP contribution in [0.1, 0.15) is 5.56 Å². The number of hydrogen-bond donors (Lipinski definition) is 0. The lowest BCUT2D eigenvalue weighted by atomic mass is 10.3. The summed E-state index contributed by atoms with van der Waals surface area (Å²) in [6, 6.07) is 3.88. The van der Waals surface area contributed by atoms with Crippen molar-refractivity contribution in [1.29, 1.82) is 0 Å². The second-order valence-corrected chi connectivity index (χ2v) is 4.88. The van der Waals surface area contributed by atoms with Crippen LogP contribution >= 0.6 is 23.1 Å². The number of carbonyl (C=O) groups excluding carboxylic acids is 1. The molecule has 2 aromatic rings. The van der Waals surface area contributed by atoms with Gasteiger partial charge in [0.15, 0.2) is 4.34 Å². The fourth-order valence-corrected chi connectivity index (χ4v) is 2.57. The zero-order valence-corrected chi connectivity index (χ0v) is 9.66. The first-order valence-corrected chi connectivity index (χ1v) is 6.12. The van der Waals surface area contributed by atoms with Crippen LogP contribution in [0.3, 0.4) is 0 Å². The summed E-state index contributed by atoms with van der Waals surface area (Å²) in [4.78, 5) is 17.4. The van der Waals surface area contributed by atoms with Crippen LogP contribution in [0.4, 0.5) is 5.13 Å². The van der Waals surface area contributed by atoms with Gasteiger partial charge in [-0.1, -0.05) is 29.2 Å². The Bertz CT molecular complexity index is 507. The van der Waals surface area contributed by atoms with Gasteiger partial charge in [0.2, 0.25) is 11.2 Å². The van der Waals surface area contributed by atoms with E-state index in [-0.39, 0.29) is 0 Å². The van der Waals surface area contributed by atoms with Crippen molar-refractivity contribution in [3.63, 3.8) is 0 Å². The van der Waals surface area contributed by atoms with E-state index in [0.29, 0.717) is 5.13 Å². The highest BCUT2D eigenvalue weighted by Gasteiger charge is 2.03. The Balaban J connectivity index is 1.97. The van der Waals surface area contributed by atoms with Gasteiger partial charge in [-0.25, -0.2) is 4.79 Å². The van der Waals surface area contributed by atoms with Crippen molar-refractivity contribution in [1.82, 2.24) is 15.2 Å². The van der Waals surface area contributed by atoms with E-state index in [1.807, 2.05) is 12.1 Å². The molecule has 0 bridgehead atoms. The van der Waals surface area contributed by atoms with Crippen LogP contribution in [-0.2, 0) is 10.5 Å². The van der Waals surface area contributed by atoms with Gasteiger partial charge < -0.3 is 0 Å². The Morgan fingerprint density at radius 2 is 2.44 bits per heavy atom. The van der Waals surface area contributed by atoms with Gasteiger partial charge in [-0.3, -0.25) is 4.98 Å². The summed E-state index contributed by atoms with van der Waals surface area (Å²) < 4.78 is 0.776. The molecule has 16 heavy (non-hydrogen) atoms. The zero-order valence-electron chi connectivity index (χ0n) is 8.03. The Morgan fingerprint density at radius 1 is 1.50 bits per heavy atom. The van der Waals surface area contributed by atoms with Gasteiger partial charge in [0.25, 0.3) is 0 Å². The molecule has 0 amide bonds. The predicted octanol–water partition coefficient (Wildman–Crippen LogP) is 2.19. The standard InChI is InChI=1S/C9H6N4OS2/c14-6-11-8-12-13-9(16-8)15-5-7-2-1-3-10-4-7/h1-4H,5H2. The minimum absolute atomic E-state index is 0.337. The van der Waals surface area contributed by atoms with Crippen molar-refractivity contribution in [3.8, 4) is 0 Å². The lowest BCUT2D eigenvalue weighted by Gasteiger charge is -1.95. The number of pyridine rings is 1. The Hall–Kier alpha value is -1.56. The van der Waals surface area contributed by atoms with Crippen molar-refractivity contribution in [3.05, 3.63) is 30.1 Å². The summed E-state index contributed by atoms with van der Waals surface area (Å²) in [5, 5.41) is 7.95. The number of aliphatic imine (C=N–C) groups is 1. The van der Waals surface area contributed by atoms with E-state index in [4.69, 9.17) is 0 Å². The molecule has 0 fully saturated rings. The zero-order chi connectivity index (χ0) is 11.2.